The largest absolute Gasteiger partial charge is 0.480 e. The van der Waals surface area contributed by atoms with Gasteiger partial charge in [-0.1, -0.05) is 32.1 Å². The Hall–Kier alpha value is -1.06. The highest BCUT2D eigenvalue weighted by molar-refractivity contribution is 5.76. The Bertz CT molecular complexity index is 270. The second-order valence-corrected chi connectivity index (χ2v) is 5.53. The van der Waals surface area contributed by atoms with Crippen LogP contribution in [0.2, 0.25) is 0 Å². The van der Waals surface area contributed by atoms with Crippen LogP contribution in [0.1, 0.15) is 58.8 Å². The van der Waals surface area contributed by atoms with Crippen molar-refractivity contribution in [2.75, 3.05) is 0 Å². The molecule has 1 atom stereocenters. The molecule has 0 aromatic rings. The monoisotopic (exact) mass is 255 g/mol. The van der Waals surface area contributed by atoms with Gasteiger partial charge < -0.3 is 10.0 Å². The van der Waals surface area contributed by atoms with Crippen LogP contribution in [0.15, 0.2) is 0 Å². The summed E-state index contributed by atoms with van der Waals surface area (Å²) < 4.78 is 0. The van der Waals surface area contributed by atoms with E-state index in [0.717, 1.165) is 25.7 Å². The number of carboxylic acids is 1. The van der Waals surface area contributed by atoms with Crippen molar-refractivity contribution in [2.24, 2.45) is 5.92 Å². The van der Waals surface area contributed by atoms with E-state index in [9.17, 15) is 14.7 Å². The first-order valence-corrected chi connectivity index (χ1v) is 7.03. The van der Waals surface area contributed by atoms with Gasteiger partial charge in [-0.05, 0) is 32.6 Å². The number of nitrogens with zero attached hydrogens (tertiary/aromatic N) is 1. The van der Waals surface area contributed by atoms with Gasteiger partial charge in [-0.25, -0.2) is 4.79 Å². The van der Waals surface area contributed by atoms with Crippen LogP contribution in [0.3, 0.4) is 0 Å². The number of hydrogen-bond acceptors (Lipinski definition) is 2. The molecule has 0 bridgehead atoms. The zero-order valence-electron chi connectivity index (χ0n) is 11.5. The summed E-state index contributed by atoms with van der Waals surface area (Å²) >= 11 is 0. The molecule has 1 amide bonds. The van der Waals surface area contributed by atoms with E-state index < -0.39 is 12.0 Å². The fourth-order valence-corrected chi connectivity index (χ4v) is 2.88. The van der Waals surface area contributed by atoms with Crippen LogP contribution in [-0.4, -0.2) is 34.5 Å². The highest BCUT2D eigenvalue weighted by Gasteiger charge is 2.34. The van der Waals surface area contributed by atoms with Crippen LogP contribution in [0.25, 0.3) is 0 Å². The number of carboxylic acid groups (broad SMARTS) is 1. The Morgan fingerprint density at radius 3 is 2.06 bits per heavy atom. The SMILES string of the molecule is CC(C)N(C=O)C(C(=O)O)C1CCCCCCC1. The Kier molecular flexibility index (Phi) is 6.16. The van der Waals surface area contributed by atoms with Gasteiger partial charge in [0.05, 0.1) is 0 Å². The molecular weight excluding hydrogens is 230 g/mol. The minimum absolute atomic E-state index is 0.0611. The van der Waals surface area contributed by atoms with Crippen LogP contribution in [0, 0.1) is 5.92 Å². The van der Waals surface area contributed by atoms with E-state index in [-0.39, 0.29) is 12.0 Å². The van der Waals surface area contributed by atoms with Gasteiger partial charge in [0.15, 0.2) is 0 Å². The van der Waals surface area contributed by atoms with E-state index in [0.29, 0.717) is 6.41 Å². The predicted octanol–water partition coefficient (Wildman–Crippen LogP) is 2.67. The lowest BCUT2D eigenvalue weighted by Gasteiger charge is -2.35. The van der Waals surface area contributed by atoms with Crippen LogP contribution >= 0.6 is 0 Å². The average Bonchev–Trinajstić information content (AvgIpc) is 2.25. The minimum Gasteiger partial charge on any atom is -0.480 e. The summed E-state index contributed by atoms with van der Waals surface area (Å²) in [6, 6.07) is -0.713. The zero-order valence-corrected chi connectivity index (χ0v) is 11.5. The highest BCUT2D eigenvalue weighted by atomic mass is 16.4. The van der Waals surface area contributed by atoms with Crippen molar-refractivity contribution in [1.82, 2.24) is 4.90 Å². The smallest absolute Gasteiger partial charge is 0.326 e. The van der Waals surface area contributed by atoms with Crippen molar-refractivity contribution < 1.29 is 14.7 Å². The van der Waals surface area contributed by atoms with Crippen molar-refractivity contribution >= 4 is 12.4 Å². The molecule has 104 valence electrons. The van der Waals surface area contributed by atoms with Crippen LogP contribution in [0.5, 0.6) is 0 Å². The van der Waals surface area contributed by atoms with E-state index in [1.807, 2.05) is 13.8 Å². The zero-order chi connectivity index (χ0) is 13.5. The number of carbonyl (C=O) groups is 2. The first kappa shape index (κ1) is 15.0. The van der Waals surface area contributed by atoms with E-state index >= 15 is 0 Å². The molecule has 0 aromatic carbocycles. The van der Waals surface area contributed by atoms with Crippen molar-refractivity contribution in [3.05, 3.63) is 0 Å². The van der Waals surface area contributed by atoms with Crippen LogP contribution < -0.4 is 0 Å². The molecule has 4 nitrogen and oxygen atoms in total. The van der Waals surface area contributed by atoms with Crippen molar-refractivity contribution in [3.63, 3.8) is 0 Å². The molecular formula is C14H25NO3. The number of aliphatic carboxylic acids is 1. The predicted molar refractivity (Wildman–Crippen MR) is 70.3 cm³/mol. The third-order valence-electron chi connectivity index (χ3n) is 3.89. The number of hydrogen-bond donors (Lipinski definition) is 1. The molecule has 0 heterocycles. The van der Waals surface area contributed by atoms with Gasteiger partial charge in [-0.3, -0.25) is 4.79 Å². The molecule has 4 heteroatoms. The van der Waals surface area contributed by atoms with E-state index in [1.54, 1.807) is 0 Å². The minimum atomic E-state index is -0.860. The average molecular weight is 255 g/mol. The second kappa shape index (κ2) is 7.39. The summed E-state index contributed by atoms with van der Waals surface area (Å²) in [4.78, 5) is 24.1. The standard InChI is InChI=1S/C14H25NO3/c1-11(2)15(10-16)13(14(17)18)12-8-6-4-3-5-7-9-12/h10-13H,3-9H2,1-2H3,(H,17,18). The number of carbonyl (C=O) groups excluding carboxylic acids is 1. The lowest BCUT2D eigenvalue weighted by atomic mass is 9.85. The summed E-state index contributed by atoms with van der Waals surface area (Å²) in [7, 11) is 0. The van der Waals surface area contributed by atoms with E-state index in [1.165, 1.54) is 24.2 Å². The maximum atomic E-state index is 11.5. The van der Waals surface area contributed by atoms with Gasteiger partial charge in [0.1, 0.15) is 6.04 Å². The molecule has 1 aliphatic rings. The van der Waals surface area contributed by atoms with Gasteiger partial charge in [-0.2, -0.15) is 0 Å². The maximum Gasteiger partial charge on any atom is 0.326 e. The summed E-state index contributed by atoms with van der Waals surface area (Å²) in [6.45, 7) is 3.74. The number of rotatable bonds is 5. The third kappa shape index (κ3) is 4.00. The molecule has 0 aliphatic heterocycles. The highest BCUT2D eigenvalue weighted by Crippen LogP contribution is 2.28. The normalized spacial score (nSPS) is 19.9. The van der Waals surface area contributed by atoms with Gasteiger partial charge in [0.25, 0.3) is 0 Å². The van der Waals surface area contributed by atoms with Gasteiger partial charge in [-0.15, -0.1) is 0 Å². The molecule has 18 heavy (non-hydrogen) atoms. The van der Waals surface area contributed by atoms with Crippen LogP contribution in [0.4, 0.5) is 0 Å². The van der Waals surface area contributed by atoms with Gasteiger partial charge in [0, 0.05) is 6.04 Å². The molecule has 1 rings (SSSR count). The topological polar surface area (TPSA) is 57.6 Å². The molecule has 1 unspecified atom stereocenters. The first-order chi connectivity index (χ1) is 8.57. The molecule has 1 fully saturated rings. The van der Waals surface area contributed by atoms with Crippen molar-refractivity contribution in [2.45, 2.75) is 70.9 Å². The number of amides is 1. The molecule has 0 saturated heterocycles. The van der Waals surface area contributed by atoms with Gasteiger partial charge in [0.2, 0.25) is 6.41 Å². The van der Waals surface area contributed by atoms with Crippen molar-refractivity contribution in [1.29, 1.82) is 0 Å². The molecule has 0 aromatic heterocycles. The lowest BCUT2D eigenvalue weighted by molar-refractivity contribution is -0.150. The van der Waals surface area contributed by atoms with E-state index in [2.05, 4.69) is 0 Å². The Labute approximate surface area is 109 Å². The quantitative estimate of drug-likeness (QED) is 0.768. The molecule has 0 spiro atoms. The maximum absolute atomic E-state index is 11.5. The Balaban J connectivity index is 2.80. The molecule has 1 saturated carbocycles. The summed E-state index contributed by atoms with van der Waals surface area (Å²) in [5.41, 5.74) is 0. The summed E-state index contributed by atoms with van der Waals surface area (Å²) in [5.74, 6) is -0.753. The summed E-state index contributed by atoms with van der Waals surface area (Å²) in [6.07, 6.45) is 8.34. The lowest BCUT2D eigenvalue weighted by Crippen LogP contribution is -2.49. The first-order valence-electron chi connectivity index (χ1n) is 7.03. The Morgan fingerprint density at radius 2 is 1.67 bits per heavy atom. The third-order valence-corrected chi connectivity index (χ3v) is 3.89. The van der Waals surface area contributed by atoms with Crippen LogP contribution in [-0.2, 0) is 9.59 Å². The second-order valence-electron chi connectivity index (χ2n) is 5.53. The fraction of sp³-hybridized carbons (Fsp3) is 0.857. The molecule has 0 radical (unpaired) electrons. The van der Waals surface area contributed by atoms with Gasteiger partial charge >= 0.3 is 5.97 Å². The van der Waals surface area contributed by atoms with Crippen molar-refractivity contribution in [3.8, 4) is 0 Å². The Morgan fingerprint density at radius 1 is 1.17 bits per heavy atom. The molecule has 1 aliphatic carbocycles. The fourth-order valence-electron chi connectivity index (χ4n) is 2.88. The van der Waals surface area contributed by atoms with E-state index in [4.69, 9.17) is 0 Å². The summed E-state index contributed by atoms with van der Waals surface area (Å²) in [5, 5.41) is 9.44. The molecule has 1 N–H and O–H groups in total.